The van der Waals surface area contributed by atoms with Gasteiger partial charge in [-0.2, -0.15) is 0 Å². The van der Waals surface area contributed by atoms with Crippen molar-refractivity contribution in [3.8, 4) is 0 Å². The van der Waals surface area contributed by atoms with Crippen LogP contribution in [0.3, 0.4) is 0 Å². The Morgan fingerprint density at radius 2 is 1.93 bits per heavy atom. The fourth-order valence-corrected chi connectivity index (χ4v) is 2.33. The van der Waals surface area contributed by atoms with Crippen LogP contribution in [0.5, 0.6) is 0 Å². The Morgan fingerprint density at radius 3 is 2.40 bits per heavy atom. The molecule has 2 heteroatoms. The second-order valence-electron chi connectivity index (χ2n) is 4.39. The van der Waals surface area contributed by atoms with Crippen LogP contribution in [0.1, 0.15) is 37.7 Å². The molecule has 1 N–H and O–H groups in total. The molecule has 2 atom stereocenters. The number of aliphatic hydroxyl groups excluding tert-OH is 1. The molecule has 1 aromatic rings. The molecule has 1 aromatic carbocycles. The first-order valence-corrected chi connectivity index (χ1v) is 6.03. The average molecular weight is 225 g/mol. The smallest absolute Gasteiger partial charge is 0.0608 e. The Bertz CT molecular complexity index is 316. The molecule has 1 aliphatic rings. The van der Waals surface area contributed by atoms with Crippen molar-refractivity contribution >= 4 is 11.6 Å². The van der Waals surface area contributed by atoms with Gasteiger partial charge in [-0.25, -0.2) is 0 Å². The normalized spacial score (nSPS) is 19.9. The lowest BCUT2D eigenvalue weighted by Crippen LogP contribution is -2.19. The lowest BCUT2D eigenvalue weighted by Gasteiger charge is -2.22. The zero-order valence-electron chi connectivity index (χ0n) is 8.99. The van der Waals surface area contributed by atoms with E-state index in [2.05, 4.69) is 0 Å². The summed E-state index contributed by atoms with van der Waals surface area (Å²) in [5.74, 6) is 0.994. The van der Waals surface area contributed by atoms with Crippen LogP contribution in [0.15, 0.2) is 24.3 Å². The summed E-state index contributed by atoms with van der Waals surface area (Å²) in [6, 6.07) is 7.91. The second kappa shape index (κ2) is 4.54. The van der Waals surface area contributed by atoms with E-state index in [0.717, 1.165) is 11.4 Å². The van der Waals surface area contributed by atoms with Gasteiger partial charge in [0, 0.05) is 10.9 Å². The van der Waals surface area contributed by atoms with Gasteiger partial charge in [0.05, 0.1) is 6.10 Å². The van der Waals surface area contributed by atoms with E-state index >= 15 is 0 Å². The molecule has 2 unspecified atom stereocenters. The maximum absolute atomic E-state index is 10.0. The summed E-state index contributed by atoms with van der Waals surface area (Å²) >= 11 is 5.86. The van der Waals surface area contributed by atoms with Gasteiger partial charge < -0.3 is 5.11 Å². The lowest BCUT2D eigenvalue weighted by atomic mass is 9.88. The van der Waals surface area contributed by atoms with Gasteiger partial charge in [-0.3, -0.25) is 0 Å². The maximum atomic E-state index is 10.0. The van der Waals surface area contributed by atoms with Gasteiger partial charge in [-0.1, -0.05) is 30.7 Å². The molecule has 0 heterocycles. The molecule has 0 spiro atoms. The molecule has 82 valence electrons. The molecule has 0 bridgehead atoms. The second-order valence-corrected chi connectivity index (χ2v) is 4.83. The molecule has 1 fully saturated rings. The average Bonchev–Trinajstić information content (AvgIpc) is 3.05. The molecule has 15 heavy (non-hydrogen) atoms. The Morgan fingerprint density at radius 1 is 1.33 bits per heavy atom. The third-order valence-corrected chi connectivity index (χ3v) is 3.47. The first kappa shape index (κ1) is 11.0. The van der Waals surface area contributed by atoms with Crippen molar-refractivity contribution in [2.75, 3.05) is 0 Å². The SMILES string of the molecule is CCC(O)C(c1ccc(Cl)cc1)C1CC1. The molecule has 2 rings (SSSR count). The van der Waals surface area contributed by atoms with Crippen LogP contribution in [-0.2, 0) is 0 Å². The molecular weight excluding hydrogens is 208 g/mol. The van der Waals surface area contributed by atoms with Crippen molar-refractivity contribution in [2.45, 2.75) is 38.2 Å². The van der Waals surface area contributed by atoms with Crippen molar-refractivity contribution in [1.29, 1.82) is 0 Å². The maximum Gasteiger partial charge on any atom is 0.0608 e. The van der Waals surface area contributed by atoms with Crippen molar-refractivity contribution in [3.05, 3.63) is 34.9 Å². The lowest BCUT2D eigenvalue weighted by molar-refractivity contribution is 0.129. The first-order valence-electron chi connectivity index (χ1n) is 5.66. The Hall–Kier alpha value is -0.530. The van der Waals surface area contributed by atoms with E-state index in [1.54, 1.807) is 0 Å². The third kappa shape index (κ3) is 2.53. The van der Waals surface area contributed by atoms with Gasteiger partial charge in [0.25, 0.3) is 0 Å². The van der Waals surface area contributed by atoms with Crippen LogP contribution in [0.25, 0.3) is 0 Å². The van der Waals surface area contributed by atoms with Gasteiger partial charge in [-0.05, 0) is 42.9 Å². The van der Waals surface area contributed by atoms with Crippen LogP contribution < -0.4 is 0 Å². The third-order valence-electron chi connectivity index (χ3n) is 3.22. The van der Waals surface area contributed by atoms with Crippen LogP contribution >= 0.6 is 11.6 Å². The van der Waals surface area contributed by atoms with E-state index in [1.165, 1.54) is 18.4 Å². The highest BCUT2D eigenvalue weighted by Crippen LogP contribution is 2.45. The molecule has 1 saturated carbocycles. The Labute approximate surface area is 96.1 Å². The standard InChI is InChI=1S/C13H17ClO/c1-2-12(15)13(9-3-4-9)10-5-7-11(14)8-6-10/h5-9,12-13,15H,2-4H2,1H3. The van der Waals surface area contributed by atoms with Gasteiger partial charge >= 0.3 is 0 Å². The van der Waals surface area contributed by atoms with E-state index in [1.807, 2.05) is 31.2 Å². The van der Waals surface area contributed by atoms with Gasteiger partial charge in [0.2, 0.25) is 0 Å². The Kier molecular flexibility index (Phi) is 3.32. The zero-order chi connectivity index (χ0) is 10.8. The predicted octanol–water partition coefficient (Wildman–Crippen LogP) is 3.60. The highest BCUT2D eigenvalue weighted by Gasteiger charge is 2.36. The highest BCUT2D eigenvalue weighted by atomic mass is 35.5. The molecule has 0 radical (unpaired) electrons. The molecule has 1 aliphatic carbocycles. The fourth-order valence-electron chi connectivity index (χ4n) is 2.20. The number of aliphatic hydroxyl groups is 1. The minimum Gasteiger partial charge on any atom is -0.392 e. The van der Waals surface area contributed by atoms with Crippen LogP contribution in [-0.4, -0.2) is 11.2 Å². The minimum atomic E-state index is -0.210. The summed E-state index contributed by atoms with van der Waals surface area (Å²) < 4.78 is 0. The summed E-state index contributed by atoms with van der Waals surface area (Å²) in [7, 11) is 0. The largest absolute Gasteiger partial charge is 0.392 e. The highest BCUT2D eigenvalue weighted by molar-refractivity contribution is 6.30. The van der Waals surface area contributed by atoms with Crippen molar-refractivity contribution in [3.63, 3.8) is 0 Å². The van der Waals surface area contributed by atoms with E-state index in [4.69, 9.17) is 11.6 Å². The van der Waals surface area contributed by atoms with Crippen LogP contribution in [0.4, 0.5) is 0 Å². The summed E-state index contributed by atoms with van der Waals surface area (Å²) in [6.45, 7) is 2.04. The molecule has 0 aromatic heterocycles. The van der Waals surface area contributed by atoms with Gasteiger partial charge in [0.15, 0.2) is 0 Å². The summed E-state index contributed by atoms with van der Waals surface area (Å²) in [5, 5.41) is 10.8. The Balaban J connectivity index is 2.20. The summed E-state index contributed by atoms with van der Waals surface area (Å²) in [4.78, 5) is 0. The molecular formula is C13H17ClO. The molecule has 0 saturated heterocycles. The number of hydrogen-bond donors (Lipinski definition) is 1. The van der Waals surface area contributed by atoms with Crippen molar-refractivity contribution in [2.24, 2.45) is 5.92 Å². The molecule has 0 amide bonds. The fraction of sp³-hybridized carbons (Fsp3) is 0.538. The predicted molar refractivity (Wildman–Crippen MR) is 63.2 cm³/mol. The number of hydrogen-bond acceptors (Lipinski definition) is 1. The number of halogens is 1. The van der Waals surface area contributed by atoms with Crippen LogP contribution in [0, 0.1) is 5.92 Å². The van der Waals surface area contributed by atoms with E-state index < -0.39 is 0 Å². The van der Waals surface area contributed by atoms with Gasteiger partial charge in [-0.15, -0.1) is 0 Å². The summed E-state index contributed by atoms with van der Waals surface area (Å²) in [6.07, 6.45) is 3.12. The number of rotatable bonds is 4. The molecule has 0 aliphatic heterocycles. The van der Waals surface area contributed by atoms with Crippen molar-refractivity contribution < 1.29 is 5.11 Å². The minimum absolute atomic E-state index is 0.210. The van der Waals surface area contributed by atoms with E-state index in [-0.39, 0.29) is 6.10 Å². The first-order chi connectivity index (χ1) is 7.22. The summed E-state index contributed by atoms with van der Waals surface area (Å²) in [5.41, 5.74) is 1.23. The van der Waals surface area contributed by atoms with E-state index in [9.17, 15) is 5.11 Å². The molecule has 1 nitrogen and oxygen atoms in total. The van der Waals surface area contributed by atoms with Crippen molar-refractivity contribution in [1.82, 2.24) is 0 Å². The topological polar surface area (TPSA) is 20.2 Å². The quantitative estimate of drug-likeness (QED) is 0.829. The van der Waals surface area contributed by atoms with Gasteiger partial charge in [0.1, 0.15) is 0 Å². The van der Waals surface area contributed by atoms with Crippen LogP contribution in [0.2, 0.25) is 5.02 Å². The number of benzene rings is 1. The monoisotopic (exact) mass is 224 g/mol. The van der Waals surface area contributed by atoms with E-state index in [0.29, 0.717) is 11.8 Å². The zero-order valence-corrected chi connectivity index (χ0v) is 9.74.